The Labute approximate surface area is 141 Å². The standard InChI is InChI=1S/C15H13ClN2O6/c1-8-11(5-6-23-8)15(20)24-9(2)14(19)17-13-7-10(18(21)22)3-4-12(13)16/h3-7,9H,1-2H3,(H,17,19). The molecule has 24 heavy (non-hydrogen) atoms. The highest BCUT2D eigenvalue weighted by Crippen LogP contribution is 2.27. The number of nitro groups is 1. The predicted octanol–water partition coefficient (Wildman–Crippen LogP) is 3.33. The van der Waals surface area contributed by atoms with E-state index in [0.717, 1.165) is 6.07 Å². The fourth-order valence-corrected chi connectivity index (χ4v) is 2.00. The average molecular weight is 353 g/mol. The molecule has 0 fully saturated rings. The zero-order valence-corrected chi connectivity index (χ0v) is 13.5. The van der Waals surface area contributed by atoms with Crippen molar-refractivity contribution in [2.75, 3.05) is 5.32 Å². The van der Waals surface area contributed by atoms with Gasteiger partial charge in [-0.3, -0.25) is 14.9 Å². The number of carbonyl (C=O) groups is 2. The lowest BCUT2D eigenvalue weighted by Gasteiger charge is -2.14. The number of nitrogens with one attached hydrogen (secondary N) is 1. The van der Waals surface area contributed by atoms with E-state index >= 15 is 0 Å². The van der Waals surface area contributed by atoms with Crippen molar-refractivity contribution in [3.63, 3.8) is 0 Å². The Morgan fingerprint density at radius 1 is 1.38 bits per heavy atom. The average Bonchev–Trinajstić information content (AvgIpc) is 2.95. The van der Waals surface area contributed by atoms with E-state index in [4.69, 9.17) is 20.8 Å². The molecule has 1 atom stereocenters. The third-order valence-electron chi connectivity index (χ3n) is 3.15. The van der Waals surface area contributed by atoms with Crippen molar-refractivity contribution >= 4 is 34.9 Å². The van der Waals surface area contributed by atoms with Gasteiger partial charge in [0.2, 0.25) is 0 Å². The Morgan fingerprint density at radius 3 is 2.67 bits per heavy atom. The van der Waals surface area contributed by atoms with Gasteiger partial charge in [0.05, 0.1) is 21.9 Å². The molecule has 1 aromatic heterocycles. The van der Waals surface area contributed by atoms with Gasteiger partial charge in [0.25, 0.3) is 11.6 Å². The molecule has 9 heteroatoms. The van der Waals surface area contributed by atoms with Gasteiger partial charge >= 0.3 is 5.97 Å². The summed E-state index contributed by atoms with van der Waals surface area (Å²) in [6, 6.07) is 5.05. The zero-order valence-electron chi connectivity index (χ0n) is 12.7. The number of esters is 1. The first-order valence-corrected chi connectivity index (χ1v) is 7.17. The summed E-state index contributed by atoms with van der Waals surface area (Å²) in [6.07, 6.45) is 0.196. The number of anilines is 1. The molecule has 0 aliphatic rings. The van der Waals surface area contributed by atoms with Crippen molar-refractivity contribution in [1.82, 2.24) is 0 Å². The van der Waals surface area contributed by atoms with Crippen LogP contribution in [0, 0.1) is 17.0 Å². The molecule has 1 heterocycles. The van der Waals surface area contributed by atoms with Crippen molar-refractivity contribution in [3.05, 3.63) is 57.0 Å². The van der Waals surface area contributed by atoms with Crippen LogP contribution in [0.1, 0.15) is 23.0 Å². The molecule has 126 valence electrons. The van der Waals surface area contributed by atoms with Crippen LogP contribution in [0.15, 0.2) is 34.9 Å². The zero-order chi connectivity index (χ0) is 17.9. The van der Waals surface area contributed by atoms with Crippen molar-refractivity contribution in [1.29, 1.82) is 0 Å². The van der Waals surface area contributed by atoms with Gasteiger partial charge < -0.3 is 14.5 Å². The molecule has 0 bridgehead atoms. The SMILES string of the molecule is Cc1occc1C(=O)OC(C)C(=O)Nc1cc([N+](=O)[O-])ccc1Cl. The Morgan fingerprint density at radius 2 is 2.08 bits per heavy atom. The van der Waals surface area contributed by atoms with E-state index in [9.17, 15) is 19.7 Å². The lowest BCUT2D eigenvalue weighted by Crippen LogP contribution is -2.30. The highest BCUT2D eigenvalue weighted by molar-refractivity contribution is 6.33. The van der Waals surface area contributed by atoms with E-state index in [1.165, 1.54) is 31.4 Å². The van der Waals surface area contributed by atoms with Crippen molar-refractivity contribution < 1.29 is 23.7 Å². The molecule has 0 saturated carbocycles. The van der Waals surface area contributed by atoms with Crippen molar-refractivity contribution in [3.8, 4) is 0 Å². The molecule has 0 radical (unpaired) electrons. The number of rotatable bonds is 5. The second-order valence-electron chi connectivity index (χ2n) is 4.85. The predicted molar refractivity (Wildman–Crippen MR) is 85.1 cm³/mol. The van der Waals surface area contributed by atoms with Gasteiger partial charge in [-0.1, -0.05) is 11.6 Å². The number of nitrogens with zero attached hydrogens (tertiary/aromatic N) is 1. The maximum absolute atomic E-state index is 12.1. The van der Waals surface area contributed by atoms with Crippen LogP contribution in [-0.4, -0.2) is 22.9 Å². The number of non-ortho nitro benzene ring substituents is 1. The lowest BCUT2D eigenvalue weighted by atomic mass is 10.2. The van der Waals surface area contributed by atoms with Crippen LogP contribution in [0.2, 0.25) is 5.02 Å². The first-order valence-electron chi connectivity index (χ1n) is 6.79. The largest absolute Gasteiger partial charge is 0.469 e. The second kappa shape index (κ2) is 7.14. The van der Waals surface area contributed by atoms with E-state index in [1.54, 1.807) is 6.92 Å². The van der Waals surface area contributed by atoms with Crippen LogP contribution >= 0.6 is 11.6 Å². The van der Waals surface area contributed by atoms with Crippen molar-refractivity contribution in [2.24, 2.45) is 0 Å². The lowest BCUT2D eigenvalue weighted by molar-refractivity contribution is -0.384. The van der Waals surface area contributed by atoms with Gasteiger partial charge in [-0.15, -0.1) is 0 Å². The van der Waals surface area contributed by atoms with E-state index in [1.807, 2.05) is 0 Å². The van der Waals surface area contributed by atoms with E-state index in [0.29, 0.717) is 5.76 Å². The number of carbonyl (C=O) groups excluding carboxylic acids is 2. The number of benzene rings is 1. The minimum atomic E-state index is -1.14. The molecule has 0 spiro atoms. The number of amides is 1. The summed E-state index contributed by atoms with van der Waals surface area (Å²) in [5, 5.41) is 13.3. The molecular weight excluding hydrogens is 340 g/mol. The Hall–Kier alpha value is -2.87. The molecule has 0 aliphatic heterocycles. The van der Waals surface area contributed by atoms with Gasteiger partial charge in [0.1, 0.15) is 11.3 Å². The third-order valence-corrected chi connectivity index (χ3v) is 3.48. The maximum Gasteiger partial charge on any atom is 0.342 e. The highest BCUT2D eigenvalue weighted by atomic mass is 35.5. The van der Waals surface area contributed by atoms with Crippen LogP contribution in [0.4, 0.5) is 11.4 Å². The molecule has 1 unspecified atom stereocenters. The Kier molecular flexibility index (Phi) is 5.20. The van der Waals surface area contributed by atoms with Crippen LogP contribution in [-0.2, 0) is 9.53 Å². The molecule has 8 nitrogen and oxygen atoms in total. The number of ether oxygens (including phenoxy) is 1. The Balaban J connectivity index is 2.07. The summed E-state index contributed by atoms with van der Waals surface area (Å²) in [5.74, 6) is -1.02. The van der Waals surface area contributed by atoms with Gasteiger partial charge in [-0.25, -0.2) is 4.79 Å². The molecule has 1 N–H and O–H groups in total. The fraction of sp³-hybridized carbons (Fsp3) is 0.200. The number of aryl methyl sites for hydroxylation is 1. The maximum atomic E-state index is 12.1. The van der Waals surface area contributed by atoms with Gasteiger partial charge in [-0.2, -0.15) is 0 Å². The number of halogens is 1. The number of hydrogen-bond acceptors (Lipinski definition) is 6. The summed E-state index contributed by atoms with van der Waals surface area (Å²) < 4.78 is 10.0. The summed E-state index contributed by atoms with van der Waals surface area (Å²) in [4.78, 5) is 34.2. The first kappa shape index (κ1) is 17.5. The van der Waals surface area contributed by atoms with E-state index in [-0.39, 0.29) is 22.0 Å². The smallest absolute Gasteiger partial charge is 0.342 e. The molecule has 2 rings (SSSR count). The second-order valence-corrected chi connectivity index (χ2v) is 5.26. The summed E-state index contributed by atoms with van der Waals surface area (Å²) in [7, 11) is 0. The fourth-order valence-electron chi connectivity index (χ4n) is 1.83. The summed E-state index contributed by atoms with van der Waals surface area (Å²) in [5.41, 5.74) is 0.0367. The number of furan rings is 1. The van der Waals surface area contributed by atoms with Crippen molar-refractivity contribution in [2.45, 2.75) is 20.0 Å². The van der Waals surface area contributed by atoms with E-state index in [2.05, 4.69) is 5.32 Å². The molecule has 1 amide bonds. The topological polar surface area (TPSA) is 112 Å². The summed E-state index contributed by atoms with van der Waals surface area (Å²) >= 11 is 5.90. The van der Waals surface area contributed by atoms with Gasteiger partial charge in [-0.05, 0) is 26.0 Å². The summed E-state index contributed by atoms with van der Waals surface area (Å²) in [6.45, 7) is 2.96. The normalized spacial score (nSPS) is 11.6. The number of nitro benzene ring substituents is 1. The van der Waals surface area contributed by atoms with Gasteiger partial charge in [0, 0.05) is 12.1 Å². The minimum absolute atomic E-state index is 0.0539. The van der Waals surface area contributed by atoms with Crippen LogP contribution in [0.5, 0.6) is 0 Å². The minimum Gasteiger partial charge on any atom is -0.469 e. The molecule has 2 aromatic rings. The highest BCUT2D eigenvalue weighted by Gasteiger charge is 2.22. The first-order chi connectivity index (χ1) is 11.3. The monoisotopic (exact) mass is 352 g/mol. The molecule has 1 aromatic carbocycles. The van der Waals surface area contributed by atoms with Crippen LogP contribution < -0.4 is 5.32 Å². The van der Waals surface area contributed by atoms with E-state index < -0.39 is 22.9 Å². The Bertz CT molecular complexity index is 801. The molecule has 0 saturated heterocycles. The van der Waals surface area contributed by atoms with Gasteiger partial charge in [0.15, 0.2) is 6.10 Å². The molecule has 0 aliphatic carbocycles. The molecular formula is C15H13ClN2O6. The quantitative estimate of drug-likeness (QED) is 0.501. The number of hydrogen-bond donors (Lipinski definition) is 1. The van der Waals surface area contributed by atoms with Crippen LogP contribution in [0.25, 0.3) is 0 Å². The van der Waals surface area contributed by atoms with Crippen LogP contribution in [0.3, 0.4) is 0 Å². The third kappa shape index (κ3) is 3.90.